The van der Waals surface area contributed by atoms with E-state index in [9.17, 15) is 14.2 Å². The molecule has 0 spiro atoms. The average Bonchev–Trinajstić information content (AvgIpc) is 2.83. The second kappa shape index (κ2) is 12.4. The second-order valence-corrected chi connectivity index (χ2v) is 8.89. The van der Waals surface area contributed by atoms with Crippen LogP contribution in [0.3, 0.4) is 0 Å². The van der Waals surface area contributed by atoms with Crippen molar-refractivity contribution < 1.29 is 47.0 Å². The number of rotatable bonds is 10. The van der Waals surface area contributed by atoms with Gasteiger partial charge >= 0.3 is 19.8 Å². The molecule has 3 rings (SSSR count). The molecule has 192 valence electrons. The summed E-state index contributed by atoms with van der Waals surface area (Å²) in [4.78, 5) is 31.3. The van der Waals surface area contributed by atoms with Crippen molar-refractivity contribution in [3.05, 3.63) is 71.1 Å². The van der Waals surface area contributed by atoms with Crippen molar-refractivity contribution in [1.82, 2.24) is 0 Å². The summed E-state index contributed by atoms with van der Waals surface area (Å²) < 4.78 is 45.7. The van der Waals surface area contributed by atoms with Crippen molar-refractivity contribution in [3.63, 3.8) is 0 Å². The molecule has 1 saturated heterocycles. The highest BCUT2D eigenvalue weighted by Crippen LogP contribution is 2.50. The normalized spacial score (nSPS) is 23.6. The van der Waals surface area contributed by atoms with Gasteiger partial charge in [0.05, 0.1) is 6.10 Å². The largest absolute Gasteiger partial charge is 0.615 e. The first-order valence-electron chi connectivity index (χ1n) is 10.7. The Morgan fingerprint density at radius 3 is 1.89 bits per heavy atom. The van der Waals surface area contributed by atoms with Crippen LogP contribution in [0.1, 0.15) is 20.8 Å². The first-order valence-corrected chi connectivity index (χ1v) is 12.2. The Hall–Kier alpha value is -3.60. The summed E-state index contributed by atoms with van der Waals surface area (Å²) in [5, 5.41) is 3.57. The third-order valence-corrected chi connectivity index (χ3v) is 5.83. The van der Waals surface area contributed by atoms with Gasteiger partial charge in [0.2, 0.25) is 6.29 Å². The van der Waals surface area contributed by atoms with Crippen LogP contribution in [-0.2, 0) is 37.9 Å². The van der Waals surface area contributed by atoms with Crippen molar-refractivity contribution >= 4 is 19.8 Å². The Bertz CT molecular complexity index is 1080. The summed E-state index contributed by atoms with van der Waals surface area (Å²) in [6.45, 7) is 3.79. The number of ether oxygens (including phenoxy) is 3. The van der Waals surface area contributed by atoms with Crippen LogP contribution in [0.5, 0.6) is 11.5 Å². The molecule has 14 heteroatoms. The van der Waals surface area contributed by atoms with Crippen molar-refractivity contribution in [3.8, 4) is 11.5 Å². The van der Waals surface area contributed by atoms with Crippen molar-refractivity contribution in [2.75, 3.05) is 0 Å². The fourth-order valence-electron chi connectivity index (χ4n) is 3.29. The number of esters is 2. The molecule has 1 fully saturated rings. The van der Waals surface area contributed by atoms with E-state index in [-0.39, 0.29) is 11.5 Å². The highest BCUT2D eigenvalue weighted by molar-refractivity contribution is 7.49. The molecule has 5 atom stereocenters. The van der Waals surface area contributed by atoms with Crippen LogP contribution in [0.4, 0.5) is 0 Å². The zero-order chi connectivity index (χ0) is 26.1. The molecule has 1 aliphatic rings. The van der Waals surface area contributed by atoms with E-state index in [1.165, 1.54) is 31.2 Å². The fraction of sp³-hybridized carbons (Fsp3) is 0.364. The number of phosphoric ester groups is 1. The Morgan fingerprint density at radius 2 is 1.42 bits per heavy atom. The number of hydrogen-bond donors (Lipinski definition) is 0. The molecule has 0 amide bonds. The van der Waals surface area contributed by atoms with Gasteiger partial charge in [0.15, 0.2) is 12.2 Å². The molecule has 0 N–H and O–H groups in total. The highest BCUT2D eigenvalue weighted by atomic mass is 31.2. The number of hydrogen-bond acceptors (Lipinski definition) is 11. The molecule has 2 aromatic rings. The maximum atomic E-state index is 13.5. The topological polar surface area (TPSA) is 165 Å². The van der Waals surface area contributed by atoms with Crippen molar-refractivity contribution in [2.45, 2.75) is 51.4 Å². The number of nitrogens with zero attached hydrogens (tertiary/aromatic N) is 3. The third-order valence-electron chi connectivity index (χ3n) is 4.69. The summed E-state index contributed by atoms with van der Waals surface area (Å²) in [6.07, 6.45) is -4.90. The molecular formula is C22H24N3O10P. The van der Waals surface area contributed by atoms with Gasteiger partial charge in [-0.1, -0.05) is 41.5 Å². The summed E-state index contributed by atoms with van der Waals surface area (Å²) in [7, 11) is -4.51. The zero-order valence-corrected chi connectivity index (χ0v) is 20.4. The van der Waals surface area contributed by atoms with Crippen molar-refractivity contribution in [2.24, 2.45) is 5.11 Å². The van der Waals surface area contributed by atoms with Gasteiger partial charge in [0, 0.05) is 18.8 Å². The minimum absolute atomic E-state index is 0.151. The van der Waals surface area contributed by atoms with E-state index < -0.39 is 50.4 Å². The van der Waals surface area contributed by atoms with E-state index >= 15 is 0 Å². The smallest absolute Gasteiger partial charge is 0.458 e. The lowest BCUT2D eigenvalue weighted by Gasteiger charge is -2.41. The highest BCUT2D eigenvalue weighted by Gasteiger charge is 2.50. The van der Waals surface area contributed by atoms with Gasteiger partial charge in [-0.25, -0.2) is 4.57 Å². The molecule has 2 aromatic carbocycles. The molecule has 0 aromatic heterocycles. The number of para-hydroxylation sites is 2. The third kappa shape index (κ3) is 7.45. The van der Waals surface area contributed by atoms with Gasteiger partial charge in [-0.3, -0.25) is 9.59 Å². The monoisotopic (exact) mass is 521 g/mol. The molecule has 0 bridgehead atoms. The van der Waals surface area contributed by atoms with Crippen LogP contribution < -0.4 is 9.05 Å². The zero-order valence-electron chi connectivity index (χ0n) is 19.5. The molecular weight excluding hydrogens is 497 g/mol. The van der Waals surface area contributed by atoms with Crippen LogP contribution in [0, 0.1) is 0 Å². The number of carbonyl (C=O) groups is 2. The van der Waals surface area contributed by atoms with Gasteiger partial charge in [0.25, 0.3) is 0 Å². The summed E-state index contributed by atoms with van der Waals surface area (Å²) in [5.74, 6) is -1.12. The summed E-state index contributed by atoms with van der Waals surface area (Å²) in [6, 6.07) is 14.7. The van der Waals surface area contributed by atoms with Gasteiger partial charge in [-0.2, -0.15) is 4.89 Å². The molecule has 0 radical (unpaired) electrons. The van der Waals surface area contributed by atoms with E-state index in [1.807, 2.05) is 0 Å². The predicted octanol–water partition coefficient (Wildman–Crippen LogP) is 4.49. The lowest BCUT2D eigenvalue weighted by Crippen LogP contribution is -2.59. The number of carbonyl (C=O) groups excluding carboxylic acids is 2. The van der Waals surface area contributed by atoms with Gasteiger partial charge in [-0.05, 0) is 36.7 Å². The number of benzene rings is 2. The van der Waals surface area contributed by atoms with Gasteiger partial charge < -0.3 is 23.3 Å². The van der Waals surface area contributed by atoms with E-state index in [4.69, 9.17) is 38.4 Å². The second-order valence-electron chi connectivity index (χ2n) is 7.48. The lowest BCUT2D eigenvalue weighted by atomic mass is 9.97. The van der Waals surface area contributed by atoms with E-state index in [2.05, 4.69) is 10.0 Å². The molecule has 0 saturated carbocycles. The average molecular weight is 521 g/mol. The van der Waals surface area contributed by atoms with Crippen LogP contribution in [-0.4, -0.2) is 42.6 Å². The lowest BCUT2D eigenvalue weighted by molar-refractivity contribution is -0.367. The fourth-order valence-corrected chi connectivity index (χ4v) is 4.34. The van der Waals surface area contributed by atoms with Gasteiger partial charge in [-0.15, -0.1) is 4.67 Å². The van der Waals surface area contributed by atoms with Crippen LogP contribution in [0.2, 0.25) is 0 Å². The number of azide groups is 1. The molecule has 13 nitrogen and oxygen atoms in total. The minimum atomic E-state index is -4.51. The maximum Gasteiger partial charge on any atom is 0.615 e. The molecule has 36 heavy (non-hydrogen) atoms. The maximum absolute atomic E-state index is 13.5. The minimum Gasteiger partial charge on any atom is -0.458 e. The van der Waals surface area contributed by atoms with E-state index in [0.717, 1.165) is 13.8 Å². The van der Waals surface area contributed by atoms with Crippen LogP contribution in [0.15, 0.2) is 65.8 Å². The summed E-state index contributed by atoms with van der Waals surface area (Å²) >= 11 is 0. The molecule has 1 heterocycles. The molecule has 0 aliphatic carbocycles. The first-order chi connectivity index (χ1) is 17.2. The van der Waals surface area contributed by atoms with E-state index in [0.29, 0.717) is 0 Å². The SMILES string of the molecule is CC(=O)O[C@@H]1[C@@H](N=[N+]=[N-])[C@@H](OOP(=O)(Oc2ccccc2)Oc2ccccc2)O[C@H](C)[C@@H]1OC(C)=O. The standard InChI is InChI=1S/C22H24N3O10P/c1-14-20(30-15(2)26)21(31-16(3)27)19(24-25-23)22(29-14)32-35-36(28,33-17-10-6-4-7-11-17)34-18-12-8-5-9-13-18/h4-14,19-22H,1-3H3/t14-,19-,20+,21-,22-/m1/s1. The summed E-state index contributed by atoms with van der Waals surface area (Å²) in [5.41, 5.74) is 9.09. The Balaban J connectivity index is 1.86. The quantitative estimate of drug-likeness (QED) is 0.0827. The molecule has 1 aliphatic heterocycles. The van der Waals surface area contributed by atoms with Crippen LogP contribution in [0.25, 0.3) is 10.4 Å². The van der Waals surface area contributed by atoms with Crippen molar-refractivity contribution in [1.29, 1.82) is 0 Å². The number of phosphoric acid groups is 1. The Kier molecular flexibility index (Phi) is 9.29. The molecule has 0 unspecified atom stereocenters. The van der Waals surface area contributed by atoms with Crippen LogP contribution >= 0.6 is 7.82 Å². The Morgan fingerprint density at radius 1 is 0.917 bits per heavy atom. The predicted molar refractivity (Wildman–Crippen MR) is 122 cm³/mol. The van der Waals surface area contributed by atoms with Gasteiger partial charge in [0.1, 0.15) is 17.5 Å². The van der Waals surface area contributed by atoms with E-state index in [1.54, 1.807) is 36.4 Å². The first kappa shape index (κ1) is 27.0. The Labute approximate surface area is 206 Å².